The number of rotatable bonds is 5. The van der Waals surface area contributed by atoms with E-state index < -0.39 is 5.97 Å². The van der Waals surface area contributed by atoms with Crippen LogP contribution < -0.4 is 10.1 Å². The normalized spacial score (nSPS) is 11.2. The molecule has 25 heavy (non-hydrogen) atoms. The molecule has 0 atom stereocenters. The van der Waals surface area contributed by atoms with Gasteiger partial charge in [-0.2, -0.15) is 0 Å². The summed E-state index contributed by atoms with van der Waals surface area (Å²) >= 11 is 0. The van der Waals surface area contributed by atoms with E-state index in [0.29, 0.717) is 5.70 Å². The summed E-state index contributed by atoms with van der Waals surface area (Å²) in [5.74, 6) is 0.359. The van der Waals surface area contributed by atoms with Crippen molar-refractivity contribution in [2.75, 3.05) is 19.5 Å². The Labute approximate surface area is 146 Å². The Morgan fingerprint density at radius 2 is 1.64 bits per heavy atom. The maximum atomic E-state index is 11.9. The predicted molar refractivity (Wildman–Crippen MR) is 101 cm³/mol. The molecule has 0 aliphatic carbocycles. The third kappa shape index (κ3) is 3.80. The van der Waals surface area contributed by atoms with Crippen LogP contribution in [0, 0.1) is 0 Å². The van der Waals surface area contributed by atoms with E-state index in [1.54, 1.807) is 7.11 Å². The lowest BCUT2D eigenvalue weighted by Crippen LogP contribution is -2.04. The summed E-state index contributed by atoms with van der Waals surface area (Å²) < 4.78 is 10.00. The van der Waals surface area contributed by atoms with Crippen molar-refractivity contribution in [1.82, 2.24) is 0 Å². The van der Waals surface area contributed by atoms with Crippen LogP contribution in [-0.4, -0.2) is 20.2 Å². The highest BCUT2D eigenvalue weighted by Crippen LogP contribution is 2.27. The van der Waals surface area contributed by atoms with Crippen molar-refractivity contribution in [3.8, 4) is 5.75 Å². The van der Waals surface area contributed by atoms with E-state index in [1.165, 1.54) is 13.2 Å². The number of hydrogen-bond acceptors (Lipinski definition) is 4. The zero-order valence-electron chi connectivity index (χ0n) is 14.2. The Kier molecular flexibility index (Phi) is 5.00. The maximum Gasteiger partial charge on any atom is 0.332 e. The first-order valence-corrected chi connectivity index (χ1v) is 7.90. The van der Waals surface area contributed by atoms with Crippen LogP contribution in [0.2, 0.25) is 0 Å². The molecule has 0 fully saturated rings. The number of carbonyl (C=O) groups excluding carboxylic acids is 1. The van der Waals surface area contributed by atoms with Crippen molar-refractivity contribution in [3.05, 3.63) is 78.4 Å². The minimum atomic E-state index is -0.413. The van der Waals surface area contributed by atoms with Crippen molar-refractivity contribution in [3.63, 3.8) is 0 Å². The molecular formula is C21H19NO3. The fraction of sp³-hybridized carbons (Fsp3) is 0.0952. The van der Waals surface area contributed by atoms with E-state index in [0.717, 1.165) is 27.8 Å². The first-order valence-electron chi connectivity index (χ1n) is 7.90. The molecule has 0 aliphatic rings. The molecule has 0 saturated carbocycles. The topological polar surface area (TPSA) is 47.6 Å². The number of nitrogens with one attached hydrogen (secondary N) is 1. The largest absolute Gasteiger partial charge is 0.497 e. The molecule has 3 aromatic rings. The molecule has 126 valence electrons. The van der Waals surface area contributed by atoms with Gasteiger partial charge < -0.3 is 14.8 Å². The molecule has 4 heteroatoms. The quantitative estimate of drug-likeness (QED) is 0.553. The molecule has 0 unspecified atom stereocenters. The second-order valence-corrected chi connectivity index (χ2v) is 5.46. The molecule has 0 aromatic heterocycles. The zero-order chi connectivity index (χ0) is 17.6. The Hall–Kier alpha value is -3.27. The van der Waals surface area contributed by atoms with Gasteiger partial charge in [0.2, 0.25) is 0 Å². The molecule has 4 nitrogen and oxygen atoms in total. The molecule has 0 radical (unpaired) electrons. The summed E-state index contributed by atoms with van der Waals surface area (Å²) in [5, 5.41) is 5.47. The van der Waals surface area contributed by atoms with Crippen molar-refractivity contribution in [2.24, 2.45) is 0 Å². The van der Waals surface area contributed by atoms with Gasteiger partial charge in [0.05, 0.1) is 19.9 Å². The lowest BCUT2D eigenvalue weighted by atomic mass is 10.0. The van der Waals surface area contributed by atoms with Crippen molar-refractivity contribution in [1.29, 1.82) is 0 Å². The lowest BCUT2D eigenvalue weighted by molar-refractivity contribution is -0.134. The van der Waals surface area contributed by atoms with Crippen LogP contribution in [0.3, 0.4) is 0 Å². The summed E-state index contributed by atoms with van der Waals surface area (Å²) in [6, 6.07) is 21.6. The highest BCUT2D eigenvalue weighted by molar-refractivity contribution is 6.01. The van der Waals surface area contributed by atoms with Gasteiger partial charge in [-0.1, -0.05) is 42.5 Å². The Balaban J connectivity index is 2.05. The molecule has 3 rings (SSSR count). The smallest absolute Gasteiger partial charge is 0.332 e. The first-order chi connectivity index (χ1) is 12.2. The zero-order valence-corrected chi connectivity index (χ0v) is 14.2. The van der Waals surface area contributed by atoms with Crippen molar-refractivity contribution in [2.45, 2.75) is 0 Å². The number of carbonyl (C=O) groups is 1. The average Bonchev–Trinajstić information content (AvgIpc) is 2.67. The second-order valence-electron chi connectivity index (χ2n) is 5.46. The van der Waals surface area contributed by atoms with Crippen LogP contribution in [0.25, 0.3) is 16.5 Å². The highest BCUT2D eigenvalue weighted by Gasteiger charge is 2.09. The van der Waals surface area contributed by atoms with E-state index in [4.69, 9.17) is 9.47 Å². The number of esters is 1. The molecule has 0 spiro atoms. The van der Waals surface area contributed by atoms with Gasteiger partial charge in [-0.25, -0.2) is 4.79 Å². The Bertz CT molecular complexity index is 909. The Morgan fingerprint density at radius 1 is 0.920 bits per heavy atom. The second kappa shape index (κ2) is 7.53. The summed E-state index contributed by atoms with van der Waals surface area (Å²) in [5.41, 5.74) is 2.46. The molecule has 0 saturated heterocycles. The summed E-state index contributed by atoms with van der Waals surface area (Å²) in [7, 11) is 2.99. The van der Waals surface area contributed by atoms with Crippen LogP contribution >= 0.6 is 0 Å². The first kappa shape index (κ1) is 16.6. The van der Waals surface area contributed by atoms with Gasteiger partial charge in [0.15, 0.2) is 0 Å². The van der Waals surface area contributed by atoms with Gasteiger partial charge >= 0.3 is 5.97 Å². The SMILES string of the molecule is COC(=O)/C=C(\Nc1ccc(OC)cc1)c1cccc2ccccc12. The third-order valence-electron chi connectivity index (χ3n) is 3.91. The number of anilines is 1. The standard InChI is InChI=1S/C21H19NO3/c1-24-17-12-10-16(11-13-17)22-20(14-21(23)25-2)19-9-5-7-15-6-3-4-8-18(15)19/h3-14,22H,1-2H3/b20-14-. The van der Waals surface area contributed by atoms with E-state index in [-0.39, 0.29) is 0 Å². The van der Waals surface area contributed by atoms with Gasteiger partial charge in [-0.05, 0) is 35.0 Å². The van der Waals surface area contributed by atoms with E-state index in [9.17, 15) is 4.79 Å². The van der Waals surface area contributed by atoms with Gasteiger partial charge in [0, 0.05) is 17.3 Å². The van der Waals surface area contributed by atoms with Crippen LogP contribution in [0.1, 0.15) is 5.56 Å². The maximum absolute atomic E-state index is 11.9. The molecular weight excluding hydrogens is 314 g/mol. The fourth-order valence-electron chi connectivity index (χ4n) is 2.65. The monoisotopic (exact) mass is 333 g/mol. The summed E-state index contributed by atoms with van der Waals surface area (Å²) in [6.45, 7) is 0. The summed E-state index contributed by atoms with van der Waals surface area (Å²) in [4.78, 5) is 11.9. The fourth-order valence-corrected chi connectivity index (χ4v) is 2.65. The molecule has 0 aliphatic heterocycles. The number of ether oxygens (including phenoxy) is 2. The van der Waals surface area contributed by atoms with E-state index in [2.05, 4.69) is 5.32 Å². The van der Waals surface area contributed by atoms with Crippen LogP contribution in [-0.2, 0) is 9.53 Å². The average molecular weight is 333 g/mol. The minimum Gasteiger partial charge on any atom is -0.497 e. The van der Waals surface area contributed by atoms with Crippen LogP contribution in [0.4, 0.5) is 5.69 Å². The highest BCUT2D eigenvalue weighted by atomic mass is 16.5. The van der Waals surface area contributed by atoms with E-state index >= 15 is 0 Å². The Morgan fingerprint density at radius 3 is 2.36 bits per heavy atom. The molecule has 0 bridgehead atoms. The van der Waals surface area contributed by atoms with Crippen molar-refractivity contribution >= 4 is 28.1 Å². The molecule has 0 amide bonds. The number of benzene rings is 3. The number of hydrogen-bond donors (Lipinski definition) is 1. The van der Waals surface area contributed by atoms with Gasteiger partial charge in [-0.15, -0.1) is 0 Å². The van der Waals surface area contributed by atoms with Gasteiger partial charge in [0.1, 0.15) is 5.75 Å². The van der Waals surface area contributed by atoms with Gasteiger partial charge in [-0.3, -0.25) is 0 Å². The van der Waals surface area contributed by atoms with Crippen LogP contribution in [0.5, 0.6) is 5.75 Å². The lowest BCUT2D eigenvalue weighted by Gasteiger charge is -2.14. The minimum absolute atomic E-state index is 0.413. The van der Waals surface area contributed by atoms with E-state index in [1.807, 2.05) is 66.7 Å². The number of methoxy groups -OCH3 is 2. The molecule has 1 N–H and O–H groups in total. The predicted octanol–water partition coefficient (Wildman–Crippen LogP) is 4.47. The van der Waals surface area contributed by atoms with Gasteiger partial charge in [0.25, 0.3) is 0 Å². The van der Waals surface area contributed by atoms with Crippen molar-refractivity contribution < 1.29 is 14.3 Å². The summed E-state index contributed by atoms with van der Waals surface area (Å²) in [6.07, 6.45) is 1.46. The third-order valence-corrected chi connectivity index (χ3v) is 3.91. The molecule has 3 aromatic carbocycles. The van der Waals surface area contributed by atoms with Crippen LogP contribution in [0.15, 0.2) is 72.8 Å². The number of fused-ring (bicyclic) bond motifs is 1. The molecule has 0 heterocycles.